The number of amides is 5. The molecule has 14 aromatic rings. The van der Waals surface area contributed by atoms with Crippen molar-refractivity contribution in [1.29, 1.82) is 0 Å². The molecule has 0 saturated carbocycles. The van der Waals surface area contributed by atoms with Gasteiger partial charge in [-0.3, -0.25) is 63.7 Å². The molecule has 146 heavy (non-hydrogen) atoms. The highest BCUT2D eigenvalue weighted by Crippen LogP contribution is 2.40. The number of nitrogens with one attached hydrogen (secondary N) is 5. The first-order valence-electron chi connectivity index (χ1n) is 49.8. The number of hydrogen-bond donors (Lipinski definition) is 5. The molecule has 7 aromatic heterocycles. The minimum Gasteiger partial charge on any atom is -0.491 e. The lowest BCUT2D eigenvalue weighted by atomic mass is 9.80. The number of aromatic nitrogens is 13. The van der Waals surface area contributed by atoms with Gasteiger partial charge < -0.3 is 53.9 Å². The van der Waals surface area contributed by atoms with Crippen molar-refractivity contribution in [2.75, 3.05) is 168 Å². The number of anilines is 3. The Kier molecular flexibility index (Phi) is 30.7. The Labute approximate surface area is 845 Å². The van der Waals surface area contributed by atoms with Gasteiger partial charge in [0.15, 0.2) is 34.5 Å². The summed E-state index contributed by atoms with van der Waals surface area (Å²) in [5, 5.41) is 31.8. The van der Waals surface area contributed by atoms with Crippen molar-refractivity contribution in [2.24, 2.45) is 5.41 Å². The summed E-state index contributed by atoms with van der Waals surface area (Å²) in [6.45, 7) is 16.3. The Morgan fingerprint density at radius 2 is 0.911 bits per heavy atom. The van der Waals surface area contributed by atoms with E-state index in [0.717, 1.165) is 138 Å². The monoisotopic (exact) mass is 1970 g/mol. The molecule has 33 nitrogen and oxygen atoms in total. The van der Waals surface area contributed by atoms with Gasteiger partial charge in [-0.25, -0.2) is 34.3 Å². The number of likely N-dealkylation sites (tertiary alicyclic amines) is 3. The van der Waals surface area contributed by atoms with Crippen LogP contribution in [0.2, 0.25) is 0 Å². The van der Waals surface area contributed by atoms with Crippen molar-refractivity contribution in [2.45, 2.75) is 89.4 Å². The zero-order chi connectivity index (χ0) is 101. The third-order valence-corrected chi connectivity index (χ3v) is 28.6. The van der Waals surface area contributed by atoms with Crippen molar-refractivity contribution < 1.29 is 56.8 Å². The van der Waals surface area contributed by atoms with Gasteiger partial charge in [0.1, 0.15) is 23.0 Å². The van der Waals surface area contributed by atoms with Crippen molar-refractivity contribution in [3.8, 4) is 62.4 Å². The number of morpholine rings is 1. The second-order valence-corrected chi connectivity index (χ2v) is 38.3. The molecule has 5 amide bonds. The number of methoxy groups -OCH3 is 3. The lowest BCUT2D eigenvalue weighted by Crippen LogP contribution is -2.48. The summed E-state index contributed by atoms with van der Waals surface area (Å²) in [5.74, 6) is 3.01. The van der Waals surface area contributed by atoms with E-state index in [2.05, 4.69) is 135 Å². The maximum atomic E-state index is 15.1. The number of ketones is 1. The van der Waals surface area contributed by atoms with Gasteiger partial charge in [0.2, 0.25) is 17.7 Å². The molecule has 0 radical (unpaired) electrons. The number of aryl methyl sites for hydroxylation is 1. The molecular formula is C112H119FN22O11. The number of H-pyrrole nitrogens is 3. The van der Waals surface area contributed by atoms with Crippen LogP contribution in [0.15, 0.2) is 238 Å². The number of carbonyl (C=O) groups is 6. The van der Waals surface area contributed by atoms with Crippen LogP contribution in [0.3, 0.4) is 0 Å². The average molecular weight is 1970 g/mol. The second kappa shape index (κ2) is 45.0. The largest absolute Gasteiger partial charge is 0.491 e. The molecule has 0 spiro atoms. The number of hydrogen-bond acceptors (Lipinski definition) is 25. The second-order valence-electron chi connectivity index (χ2n) is 38.3. The molecule has 7 aliphatic rings. The van der Waals surface area contributed by atoms with Crippen LogP contribution < -0.4 is 20.3 Å². The van der Waals surface area contributed by atoms with Crippen LogP contribution >= 0.6 is 0 Å². The number of ether oxygens (including phenoxy) is 5. The zero-order valence-electron chi connectivity index (χ0n) is 82.9. The predicted molar refractivity (Wildman–Crippen MR) is 558 cm³/mol. The molecular weight excluding hydrogens is 1850 g/mol. The number of Topliss-reactive ketones (excluding diaryl/α,β-unsaturated/α-hetero) is 1. The molecule has 5 N–H and O–H groups in total. The van der Waals surface area contributed by atoms with Crippen molar-refractivity contribution in [3.63, 3.8) is 0 Å². The van der Waals surface area contributed by atoms with Crippen LogP contribution in [-0.4, -0.2) is 300 Å². The molecule has 0 aliphatic carbocycles. The van der Waals surface area contributed by atoms with Gasteiger partial charge in [-0.2, -0.15) is 15.3 Å². The molecule has 4 saturated heterocycles. The quantitative estimate of drug-likeness (QED) is 0.0291. The number of fused-ring (bicyclic) bond motifs is 3. The van der Waals surface area contributed by atoms with Crippen molar-refractivity contribution in [1.82, 2.24) is 94.9 Å². The molecule has 4 fully saturated rings. The molecule has 21 rings (SSSR count). The average Bonchev–Trinajstić information content (AvgIpc) is 1.52. The standard InChI is InChI=1S/C39H41N7O4.C37H37FN8O3.C36H41N7O4/c1-26(2)50-32-12-9-29(10-13-32)36-33-23-31(11-14-34(33)43-44-36)42-38(48)39(49-3)17-22-45(25-39)24-35(47)46-20-15-28(16-21-46)27-5-7-30(8-6-27)37-40-18-4-19-41-37;1-3-27-19-25(9-15-39-27)34-30-21-28(6-8-32(30)43-44-34)42-36(48)37(49-2)12-18-45(23-37)22-33(47)46-16-10-24(11-17-46)29-7-5-26(20-31(29)38)35-40-13-4-14-41-35;1-46-25-36(32(44)22-26-3-8-31-30(21-26)35(40-39-31)43-17-19-47-20-18-43)11-16-41(24-36)23-33(45)42-14-9-28(10-15-42)27-4-6-29(7-5-27)34-37-12-2-13-38-34/h4-15,18-19,23,26H,16-17,20-22,24-25H2,1-3H3,(H,42,48)(H,43,44);4-10,13-15,19-21H,3,11-12,16-18,22-23H2,1-2H3,(H,42,48)(H,43,44);2-9,12-13,21H,10-11,14-20,22-25H2,1H3,(H,39,40)/t39-;37-;36-/m001/s1. The minimum absolute atomic E-state index is 0.0417. The molecule has 34 heteroatoms. The highest BCUT2D eigenvalue weighted by molar-refractivity contribution is 6.04. The maximum Gasteiger partial charge on any atom is 0.258 e. The number of rotatable bonds is 29. The summed E-state index contributed by atoms with van der Waals surface area (Å²) in [4.78, 5) is 125. The molecule has 3 atom stereocenters. The van der Waals surface area contributed by atoms with E-state index in [-0.39, 0.29) is 66.9 Å². The van der Waals surface area contributed by atoms with Crippen LogP contribution in [0.4, 0.5) is 21.6 Å². The van der Waals surface area contributed by atoms with Gasteiger partial charge in [-0.15, -0.1) is 0 Å². The normalized spacial score (nSPS) is 18.8. The fourth-order valence-corrected chi connectivity index (χ4v) is 20.4. The Bertz CT molecular complexity index is 7140. The van der Waals surface area contributed by atoms with Crippen LogP contribution in [0, 0.1) is 11.2 Å². The summed E-state index contributed by atoms with van der Waals surface area (Å²) in [7, 11) is 4.74. The minimum atomic E-state index is -1.10. The van der Waals surface area contributed by atoms with E-state index in [1.807, 2.05) is 161 Å². The van der Waals surface area contributed by atoms with Gasteiger partial charge in [-0.05, 0) is 208 Å². The van der Waals surface area contributed by atoms with Gasteiger partial charge in [0.25, 0.3) is 11.8 Å². The fraction of sp³-hybridized carbons (Fsp3) is 0.339. The lowest BCUT2D eigenvalue weighted by Gasteiger charge is -2.30. The van der Waals surface area contributed by atoms with Gasteiger partial charge in [0, 0.05) is 223 Å². The highest BCUT2D eigenvalue weighted by atomic mass is 19.1. The van der Waals surface area contributed by atoms with E-state index < -0.39 is 16.6 Å². The number of benzene rings is 7. The molecule has 14 heterocycles. The predicted octanol–water partition coefficient (Wildman–Crippen LogP) is 14.6. The molecule has 7 aliphatic heterocycles. The first-order valence-corrected chi connectivity index (χ1v) is 49.8. The van der Waals surface area contributed by atoms with Crippen LogP contribution in [-0.2, 0) is 60.6 Å². The Hall–Kier alpha value is -15.2. The fourth-order valence-electron chi connectivity index (χ4n) is 20.4. The number of nitrogens with zero attached hydrogens (tertiary/aromatic N) is 17. The smallest absolute Gasteiger partial charge is 0.258 e. The summed E-state index contributed by atoms with van der Waals surface area (Å²) in [6.07, 6.45) is 23.1. The summed E-state index contributed by atoms with van der Waals surface area (Å²) < 4.78 is 43.7. The van der Waals surface area contributed by atoms with Crippen LogP contribution in [0.5, 0.6) is 5.75 Å². The molecule has 0 bridgehead atoms. The number of aromatic amines is 3. The van der Waals surface area contributed by atoms with E-state index in [1.165, 1.54) is 24.3 Å². The van der Waals surface area contributed by atoms with E-state index in [4.69, 9.17) is 23.7 Å². The van der Waals surface area contributed by atoms with E-state index >= 15 is 4.39 Å². The first kappa shape index (κ1) is 99.6. The van der Waals surface area contributed by atoms with E-state index in [9.17, 15) is 28.8 Å². The SMILES string of the molecule is CCc1cc(-c2n[nH]c3ccc(NC(=O)[C@]4(OC)CCN(CC(=O)N5CC=C(c6ccc(-c7ncccn7)cc6F)CC5)C4)cc23)ccn1.COC[C@@]1(C(=O)Cc2ccc3[nH]nc(N4CCOCC4)c3c2)CCN(CC(=O)N2CC=C(c3ccc(-c4ncccn4)cc3)CC2)C1.CO[C@@]1(C(=O)Nc2ccc3[nH]nc(-c4ccc(OC(C)C)cc4)c3c2)CCN(CC(=O)N2CC=C(c3ccc(-c4ncccn4)cc3)CC2)C1. The Balaban J connectivity index is 0.000000138. The topological polar surface area (TPSA) is 372 Å². The Morgan fingerprint density at radius 1 is 0.452 bits per heavy atom. The van der Waals surface area contributed by atoms with Gasteiger partial charge in [-0.1, -0.05) is 91.9 Å². The zero-order valence-corrected chi connectivity index (χ0v) is 82.9. The van der Waals surface area contributed by atoms with Crippen LogP contribution in [0.1, 0.15) is 87.2 Å². The molecule has 750 valence electrons. The third kappa shape index (κ3) is 22.7. The number of pyridine rings is 1. The van der Waals surface area contributed by atoms with Crippen molar-refractivity contribution >= 4 is 102 Å². The molecule has 7 aromatic carbocycles. The summed E-state index contributed by atoms with van der Waals surface area (Å²) >= 11 is 0. The first-order chi connectivity index (χ1) is 71.2. The summed E-state index contributed by atoms with van der Waals surface area (Å²) in [6, 6.07) is 56.1. The van der Waals surface area contributed by atoms with E-state index in [0.29, 0.717) is 170 Å². The maximum absolute atomic E-state index is 15.1. The lowest BCUT2D eigenvalue weighted by molar-refractivity contribution is -0.138. The van der Waals surface area contributed by atoms with E-state index in [1.54, 1.807) is 80.7 Å². The van der Waals surface area contributed by atoms with Crippen molar-refractivity contribution in [3.05, 3.63) is 271 Å². The van der Waals surface area contributed by atoms with Crippen LogP contribution in [0.25, 0.3) is 106 Å². The van der Waals surface area contributed by atoms with Gasteiger partial charge >= 0.3 is 0 Å². The third-order valence-electron chi connectivity index (χ3n) is 28.6. The van der Waals surface area contributed by atoms with Gasteiger partial charge in [0.05, 0.1) is 73.2 Å². The highest BCUT2D eigenvalue weighted by Gasteiger charge is 2.49. The number of carbonyl (C=O) groups excluding carboxylic acids is 6. The Morgan fingerprint density at radius 3 is 1.40 bits per heavy atom. The molecule has 0 unspecified atom stereocenters. The summed E-state index contributed by atoms with van der Waals surface area (Å²) in [5.41, 5.74) is 15.3. The number of halogens is 1.